The van der Waals surface area contributed by atoms with Crippen LogP contribution in [0.2, 0.25) is 0 Å². The summed E-state index contributed by atoms with van der Waals surface area (Å²) in [5.74, 6) is 0.759. The third-order valence-corrected chi connectivity index (χ3v) is 3.79. The molecule has 3 nitrogen and oxygen atoms in total. The Labute approximate surface area is 127 Å². The Bertz CT molecular complexity index is 245. The van der Waals surface area contributed by atoms with Gasteiger partial charge in [0, 0.05) is 45.8 Å². The minimum absolute atomic E-state index is 0.759. The van der Waals surface area contributed by atoms with Gasteiger partial charge in [-0.1, -0.05) is 32.4 Å². The number of nitrogens with zero attached hydrogens (tertiary/aromatic N) is 2. The summed E-state index contributed by atoms with van der Waals surface area (Å²) < 4.78 is 0. The predicted octanol–water partition coefficient (Wildman–Crippen LogP) is 2.84. The zero-order valence-electron chi connectivity index (χ0n) is 14.7. The van der Waals surface area contributed by atoms with Crippen molar-refractivity contribution in [2.45, 2.75) is 41.0 Å². The van der Waals surface area contributed by atoms with Crippen molar-refractivity contribution in [1.82, 2.24) is 15.1 Å². The van der Waals surface area contributed by atoms with Crippen molar-refractivity contribution in [3.8, 4) is 0 Å². The first-order chi connectivity index (χ1) is 9.61. The molecule has 1 rings (SSSR count). The molecule has 0 radical (unpaired) electrons. The number of rotatable bonds is 7. The lowest BCUT2D eigenvalue weighted by Crippen LogP contribution is -2.46. The van der Waals surface area contributed by atoms with E-state index in [-0.39, 0.29) is 0 Å². The summed E-state index contributed by atoms with van der Waals surface area (Å²) in [6.45, 7) is 19.1. The Kier molecular flexibility index (Phi) is 12.1. The van der Waals surface area contributed by atoms with Crippen molar-refractivity contribution < 1.29 is 0 Å². The normalized spacial score (nSPS) is 18.6. The Hall–Kier alpha value is -0.380. The molecule has 1 atom stereocenters. The molecule has 1 N–H and O–H groups in total. The average molecular weight is 284 g/mol. The van der Waals surface area contributed by atoms with Crippen LogP contribution in [0.1, 0.15) is 41.0 Å². The first kappa shape index (κ1) is 19.6. The molecule has 1 aliphatic heterocycles. The maximum atomic E-state index is 3.40. The highest BCUT2D eigenvalue weighted by Crippen LogP contribution is 2.11. The van der Waals surface area contributed by atoms with E-state index in [1.165, 1.54) is 44.7 Å². The molecular formula is C17H37N3. The predicted molar refractivity (Wildman–Crippen MR) is 91.4 cm³/mol. The fourth-order valence-corrected chi connectivity index (χ4v) is 2.60. The highest BCUT2D eigenvalue weighted by atomic mass is 15.2. The van der Waals surface area contributed by atoms with Crippen LogP contribution in [0.25, 0.3) is 0 Å². The average Bonchev–Trinajstić information content (AvgIpc) is 2.48. The molecule has 0 bridgehead atoms. The summed E-state index contributed by atoms with van der Waals surface area (Å²) >= 11 is 0. The highest BCUT2D eigenvalue weighted by Gasteiger charge is 2.11. The van der Waals surface area contributed by atoms with Crippen molar-refractivity contribution in [2.75, 3.05) is 52.9 Å². The van der Waals surface area contributed by atoms with Crippen LogP contribution < -0.4 is 5.32 Å². The van der Waals surface area contributed by atoms with Crippen molar-refractivity contribution in [3.05, 3.63) is 11.6 Å². The first-order valence-electron chi connectivity index (χ1n) is 8.35. The standard InChI is InChI=1S/C15H31N3.C2H6/c1-5-14(2)12-15(3)13-17(4)10-11-18-8-6-16-7-9-18;1-2/h5,15-16H,6-13H2,1-4H3;1-2H3/b14-5-;. The zero-order valence-corrected chi connectivity index (χ0v) is 14.7. The summed E-state index contributed by atoms with van der Waals surface area (Å²) in [7, 11) is 2.25. The van der Waals surface area contributed by atoms with E-state index in [0.717, 1.165) is 19.0 Å². The summed E-state index contributed by atoms with van der Waals surface area (Å²) in [5.41, 5.74) is 1.51. The van der Waals surface area contributed by atoms with Gasteiger partial charge in [0.1, 0.15) is 0 Å². The minimum Gasteiger partial charge on any atom is -0.314 e. The first-order valence-corrected chi connectivity index (χ1v) is 8.35. The van der Waals surface area contributed by atoms with Crippen LogP contribution in [0.5, 0.6) is 0 Å². The quantitative estimate of drug-likeness (QED) is 0.725. The number of piperazine rings is 1. The van der Waals surface area contributed by atoms with Crippen LogP contribution in [0.15, 0.2) is 11.6 Å². The van der Waals surface area contributed by atoms with Gasteiger partial charge in [0.2, 0.25) is 0 Å². The van der Waals surface area contributed by atoms with Gasteiger partial charge in [0.05, 0.1) is 0 Å². The molecule has 120 valence electrons. The van der Waals surface area contributed by atoms with E-state index in [4.69, 9.17) is 0 Å². The van der Waals surface area contributed by atoms with Crippen molar-refractivity contribution >= 4 is 0 Å². The van der Waals surface area contributed by atoms with Gasteiger partial charge in [-0.2, -0.15) is 0 Å². The van der Waals surface area contributed by atoms with E-state index < -0.39 is 0 Å². The maximum Gasteiger partial charge on any atom is 0.0110 e. The van der Waals surface area contributed by atoms with Gasteiger partial charge in [0.15, 0.2) is 0 Å². The van der Waals surface area contributed by atoms with E-state index >= 15 is 0 Å². The lowest BCUT2D eigenvalue weighted by Gasteiger charge is -2.30. The summed E-state index contributed by atoms with van der Waals surface area (Å²) in [5, 5.41) is 3.40. The van der Waals surface area contributed by atoms with Crippen molar-refractivity contribution in [3.63, 3.8) is 0 Å². The van der Waals surface area contributed by atoms with Crippen LogP contribution in [-0.4, -0.2) is 62.7 Å². The number of hydrogen-bond acceptors (Lipinski definition) is 3. The summed E-state index contributed by atoms with van der Waals surface area (Å²) in [6.07, 6.45) is 3.46. The second-order valence-corrected chi connectivity index (χ2v) is 5.80. The largest absolute Gasteiger partial charge is 0.314 e. The smallest absolute Gasteiger partial charge is 0.0110 e. The molecule has 0 amide bonds. The number of hydrogen-bond donors (Lipinski definition) is 1. The van der Waals surface area contributed by atoms with Gasteiger partial charge in [0.25, 0.3) is 0 Å². The van der Waals surface area contributed by atoms with Gasteiger partial charge in [-0.25, -0.2) is 0 Å². The minimum atomic E-state index is 0.759. The van der Waals surface area contributed by atoms with Crippen molar-refractivity contribution in [2.24, 2.45) is 5.92 Å². The number of allylic oxidation sites excluding steroid dienone is 2. The number of likely N-dealkylation sites (N-methyl/N-ethyl adjacent to an activating group) is 1. The SMILES string of the molecule is C/C=C(/C)CC(C)CN(C)CCN1CCNCC1.CC. The Morgan fingerprint density at radius 3 is 2.45 bits per heavy atom. The van der Waals surface area contributed by atoms with Crippen molar-refractivity contribution in [1.29, 1.82) is 0 Å². The molecule has 3 heteroatoms. The fourth-order valence-electron chi connectivity index (χ4n) is 2.60. The van der Waals surface area contributed by atoms with Gasteiger partial charge >= 0.3 is 0 Å². The van der Waals surface area contributed by atoms with Gasteiger partial charge in [-0.3, -0.25) is 4.90 Å². The van der Waals surface area contributed by atoms with Gasteiger partial charge in [-0.05, 0) is 33.2 Å². The summed E-state index contributed by atoms with van der Waals surface area (Å²) in [4.78, 5) is 5.05. The Morgan fingerprint density at radius 1 is 1.30 bits per heavy atom. The van der Waals surface area contributed by atoms with E-state index in [0.29, 0.717) is 0 Å². The Morgan fingerprint density at radius 2 is 1.90 bits per heavy atom. The Balaban J connectivity index is 0.00000172. The van der Waals surface area contributed by atoms with Crippen LogP contribution in [0, 0.1) is 5.92 Å². The van der Waals surface area contributed by atoms with Gasteiger partial charge < -0.3 is 10.2 Å². The fraction of sp³-hybridized carbons (Fsp3) is 0.882. The molecule has 1 aliphatic rings. The van der Waals surface area contributed by atoms with Crippen LogP contribution >= 0.6 is 0 Å². The molecule has 0 aliphatic carbocycles. The monoisotopic (exact) mass is 283 g/mol. The molecule has 1 saturated heterocycles. The molecule has 0 aromatic heterocycles. The lowest BCUT2D eigenvalue weighted by molar-refractivity contribution is 0.195. The van der Waals surface area contributed by atoms with Crippen LogP contribution in [0.3, 0.4) is 0 Å². The van der Waals surface area contributed by atoms with Crippen LogP contribution in [-0.2, 0) is 0 Å². The molecule has 0 aromatic carbocycles. The van der Waals surface area contributed by atoms with E-state index in [2.05, 4.69) is 49.0 Å². The molecule has 1 fully saturated rings. The molecule has 1 unspecified atom stereocenters. The molecule has 20 heavy (non-hydrogen) atoms. The van der Waals surface area contributed by atoms with E-state index in [9.17, 15) is 0 Å². The second-order valence-electron chi connectivity index (χ2n) is 5.80. The third kappa shape index (κ3) is 9.51. The lowest BCUT2D eigenvalue weighted by atomic mass is 10.0. The van der Waals surface area contributed by atoms with Crippen LogP contribution in [0.4, 0.5) is 0 Å². The van der Waals surface area contributed by atoms with Gasteiger partial charge in [-0.15, -0.1) is 0 Å². The molecule has 0 saturated carbocycles. The molecule has 0 aromatic rings. The molecule has 0 spiro atoms. The zero-order chi connectivity index (χ0) is 15.4. The third-order valence-electron chi connectivity index (χ3n) is 3.79. The molecular weight excluding hydrogens is 246 g/mol. The summed E-state index contributed by atoms with van der Waals surface area (Å²) in [6, 6.07) is 0. The van der Waals surface area contributed by atoms with E-state index in [1.54, 1.807) is 0 Å². The number of nitrogens with one attached hydrogen (secondary N) is 1. The maximum absolute atomic E-state index is 3.40. The highest BCUT2D eigenvalue weighted by molar-refractivity contribution is 4.96. The van der Waals surface area contributed by atoms with E-state index in [1.807, 2.05) is 13.8 Å². The molecule has 1 heterocycles. The topological polar surface area (TPSA) is 18.5 Å². The second kappa shape index (κ2) is 12.4.